The first-order valence-electron chi connectivity index (χ1n) is 7.38. The number of carbonyl (C=O) groups is 1. The fraction of sp³-hybridized carbons (Fsp3) is 0.562. The van der Waals surface area contributed by atoms with Crippen molar-refractivity contribution < 1.29 is 18.3 Å². The summed E-state index contributed by atoms with van der Waals surface area (Å²) in [6, 6.07) is 6.32. The highest BCUT2D eigenvalue weighted by atomic mass is 19.3. The van der Waals surface area contributed by atoms with Gasteiger partial charge in [0.1, 0.15) is 5.75 Å². The number of rotatable bonds is 9. The van der Waals surface area contributed by atoms with Crippen LogP contribution in [0.2, 0.25) is 0 Å². The van der Waals surface area contributed by atoms with Crippen molar-refractivity contribution in [3.8, 4) is 5.75 Å². The van der Waals surface area contributed by atoms with Crippen LogP contribution in [0.1, 0.15) is 25.3 Å². The van der Waals surface area contributed by atoms with Crippen LogP contribution < -0.4 is 4.74 Å². The molecule has 1 rings (SSSR count). The number of benzene rings is 1. The number of likely N-dealkylation sites (N-methyl/N-ethyl adjacent to an activating group) is 2. The van der Waals surface area contributed by atoms with Crippen LogP contribution in [0.25, 0.3) is 0 Å². The van der Waals surface area contributed by atoms with Gasteiger partial charge in [-0.05, 0) is 37.7 Å². The van der Waals surface area contributed by atoms with Crippen molar-refractivity contribution in [1.29, 1.82) is 0 Å². The van der Waals surface area contributed by atoms with Gasteiger partial charge in [0.05, 0.1) is 6.54 Å². The minimum absolute atomic E-state index is 0.0338. The highest BCUT2D eigenvalue weighted by molar-refractivity contribution is 5.77. The van der Waals surface area contributed by atoms with E-state index in [0.717, 1.165) is 24.9 Å². The fourth-order valence-corrected chi connectivity index (χ4v) is 2.00. The summed E-state index contributed by atoms with van der Waals surface area (Å²) in [6.07, 6.45) is 2.17. The quantitative estimate of drug-likeness (QED) is 0.702. The number of carbonyl (C=O) groups excluding carboxylic acids is 1. The third-order valence-electron chi connectivity index (χ3n) is 3.29. The molecular formula is C16H24F2N2O2. The second-order valence-electron chi connectivity index (χ2n) is 5.36. The first kappa shape index (κ1) is 18.4. The summed E-state index contributed by atoms with van der Waals surface area (Å²) in [7, 11) is 3.66. The number of hydrogen-bond donors (Lipinski definition) is 0. The van der Waals surface area contributed by atoms with E-state index in [4.69, 9.17) is 0 Å². The first-order chi connectivity index (χ1) is 10.4. The predicted molar refractivity (Wildman–Crippen MR) is 82.0 cm³/mol. The lowest BCUT2D eigenvalue weighted by Gasteiger charge is -2.22. The summed E-state index contributed by atoms with van der Waals surface area (Å²) in [5.41, 5.74) is 0.869. The molecule has 0 aromatic heterocycles. The number of halogens is 2. The van der Waals surface area contributed by atoms with Crippen molar-refractivity contribution >= 4 is 5.91 Å². The average molecular weight is 314 g/mol. The molecule has 0 fully saturated rings. The van der Waals surface area contributed by atoms with Crippen molar-refractivity contribution in [2.75, 3.05) is 27.2 Å². The molecule has 0 unspecified atom stereocenters. The monoisotopic (exact) mass is 314 g/mol. The Morgan fingerprint density at radius 2 is 1.86 bits per heavy atom. The maximum atomic E-state index is 12.1. The van der Waals surface area contributed by atoms with Gasteiger partial charge in [0.25, 0.3) is 0 Å². The van der Waals surface area contributed by atoms with E-state index in [9.17, 15) is 13.6 Å². The number of alkyl halides is 2. The smallest absolute Gasteiger partial charge is 0.387 e. The number of hydrogen-bond acceptors (Lipinski definition) is 3. The average Bonchev–Trinajstić information content (AvgIpc) is 2.46. The van der Waals surface area contributed by atoms with Gasteiger partial charge in [0.2, 0.25) is 5.91 Å². The van der Waals surface area contributed by atoms with Crippen LogP contribution in [0.3, 0.4) is 0 Å². The van der Waals surface area contributed by atoms with Gasteiger partial charge >= 0.3 is 6.61 Å². The molecule has 124 valence electrons. The Morgan fingerprint density at radius 3 is 2.41 bits per heavy atom. The zero-order valence-electron chi connectivity index (χ0n) is 13.4. The Kier molecular flexibility index (Phi) is 7.80. The van der Waals surface area contributed by atoms with Gasteiger partial charge in [-0.15, -0.1) is 0 Å². The molecule has 0 saturated carbocycles. The largest absolute Gasteiger partial charge is 0.435 e. The normalized spacial score (nSPS) is 11.0. The lowest BCUT2D eigenvalue weighted by molar-refractivity contribution is -0.131. The lowest BCUT2D eigenvalue weighted by atomic mass is 10.2. The summed E-state index contributed by atoms with van der Waals surface area (Å²) < 4.78 is 28.4. The van der Waals surface area contributed by atoms with Gasteiger partial charge in [-0.1, -0.05) is 25.5 Å². The Labute approximate surface area is 130 Å². The van der Waals surface area contributed by atoms with Crippen molar-refractivity contribution in [1.82, 2.24) is 9.80 Å². The zero-order valence-corrected chi connectivity index (χ0v) is 13.4. The van der Waals surface area contributed by atoms with Gasteiger partial charge in [-0.2, -0.15) is 8.78 Å². The predicted octanol–water partition coefficient (Wildman–Crippen LogP) is 2.98. The molecule has 1 aromatic rings. The van der Waals surface area contributed by atoms with E-state index in [-0.39, 0.29) is 11.7 Å². The minimum Gasteiger partial charge on any atom is -0.435 e. The zero-order chi connectivity index (χ0) is 16.5. The molecule has 0 aliphatic carbocycles. The Bertz CT molecular complexity index is 452. The Hall–Kier alpha value is -1.69. The van der Waals surface area contributed by atoms with Gasteiger partial charge in [0.15, 0.2) is 0 Å². The molecule has 0 spiro atoms. The van der Waals surface area contributed by atoms with Crippen LogP contribution >= 0.6 is 0 Å². The maximum Gasteiger partial charge on any atom is 0.387 e. The number of ether oxygens (including phenoxy) is 1. The second-order valence-corrected chi connectivity index (χ2v) is 5.36. The molecule has 1 amide bonds. The SMILES string of the molecule is CCCCN(C)CC(=O)N(C)Cc1ccc(OC(F)F)cc1. The molecule has 0 N–H and O–H groups in total. The number of unbranched alkanes of at least 4 members (excludes halogenated alkanes) is 1. The summed E-state index contributed by atoms with van der Waals surface area (Å²) in [5, 5.41) is 0. The second kappa shape index (κ2) is 9.35. The molecule has 0 heterocycles. The van der Waals surface area contributed by atoms with Crippen LogP contribution in [0.15, 0.2) is 24.3 Å². The van der Waals surface area contributed by atoms with Crippen molar-refractivity contribution in [3.05, 3.63) is 29.8 Å². The highest BCUT2D eigenvalue weighted by Gasteiger charge is 2.12. The first-order valence-corrected chi connectivity index (χ1v) is 7.38. The fourth-order valence-electron chi connectivity index (χ4n) is 2.00. The molecule has 1 aromatic carbocycles. The van der Waals surface area contributed by atoms with Crippen LogP contribution in [0.4, 0.5) is 8.78 Å². The molecule has 0 aliphatic rings. The van der Waals surface area contributed by atoms with Gasteiger partial charge in [-0.3, -0.25) is 9.69 Å². The number of amides is 1. The van der Waals surface area contributed by atoms with Crippen molar-refractivity contribution in [2.24, 2.45) is 0 Å². The van der Waals surface area contributed by atoms with E-state index in [1.165, 1.54) is 12.1 Å². The van der Waals surface area contributed by atoms with E-state index in [1.54, 1.807) is 24.1 Å². The summed E-state index contributed by atoms with van der Waals surface area (Å²) in [5.74, 6) is 0.151. The van der Waals surface area contributed by atoms with E-state index >= 15 is 0 Å². The summed E-state index contributed by atoms with van der Waals surface area (Å²) >= 11 is 0. The molecule has 6 heteroatoms. The lowest BCUT2D eigenvalue weighted by Crippen LogP contribution is -2.36. The van der Waals surface area contributed by atoms with E-state index in [0.29, 0.717) is 13.1 Å². The van der Waals surface area contributed by atoms with Crippen molar-refractivity contribution in [2.45, 2.75) is 32.9 Å². The van der Waals surface area contributed by atoms with Gasteiger partial charge in [-0.25, -0.2) is 0 Å². The molecule has 0 aliphatic heterocycles. The van der Waals surface area contributed by atoms with E-state index in [2.05, 4.69) is 11.7 Å². The third kappa shape index (κ3) is 6.85. The Balaban J connectivity index is 2.46. The maximum absolute atomic E-state index is 12.1. The standard InChI is InChI=1S/C16H24F2N2O2/c1-4-5-10-19(2)12-15(21)20(3)11-13-6-8-14(9-7-13)22-16(17)18/h6-9,16H,4-5,10-12H2,1-3H3. The molecule has 0 bridgehead atoms. The molecule has 22 heavy (non-hydrogen) atoms. The minimum atomic E-state index is -2.83. The summed E-state index contributed by atoms with van der Waals surface area (Å²) in [6.45, 7) is 1.01. The van der Waals surface area contributed by atoms with Crippen LogP contribution in [0.5, 0.6) is 5.75 Å². The molecule has 0 atom stereocenters. The number of nitrogens with zero attached hydrogens (tertiary/aromatic N) is 2. The highest BCUT2D eigenvalue weighted by Crippen LogP contribution is 2.15. The van der Waals surface area contributed by atoms with Gasteiger partial charge in [0, 0.05) is 13.6 Å². The Morgan fingerprint density at radius 1 is 1.23 bits per heavy atom. The topological polar surface area (TPSA) is 32.8 Å². The van der Waals surface area contributed by atoms with E-state index in [1.807, 2.05) is 11.9 Å². The van der Waals surface area contributed by atoms with Crippen LogP contribution in [-0.2, 0) is 11.3 Å². The molecule has 4 nitrogen and oxygen atoms in total. The third-order valence-corrected chi connectivity index (χ3v) is 3.29. The molecule has 0 radical (unpaired) electrons. The summed E-state index contributed by atoms with van der Waals surface area (Å²) in [4.78, 5) is 15.7. The van der Waals surface area contributed by atoms with Crippen molar-refractivity contribution in [3.63, 3.8) is 0 Å². The van der Waals surface area contributed by atoms with Crippen LogP contribution in [-0.4, -0.2) is 49.5 Å². The molecule has 0 saturated heterocycles. The molecular weight excluding hydrogens is 290 g/mol. The van der Waals surface area contributed by atoms with Crippen LogP contribution in [0, 0.1) is 0 Å². The van der Waals surface area contributed by atoms with E-state index < -0.39 is 6.61 Å². The van der Waals surface area contributed by atoms with Gasteiger partial charge < -0.3 is 9.64 Å².